The van der Waals surface area contributed by atoms with Crippen molar-refractivity contribution in [1.29, 1.82) is 0 Å². The van der Waals surface area contributed by atoms with Crippen LogP contribution in [-0.4, -0.2) is 21.2 Å². The summed E-state index contributed by atoms with van der Waals surface area (Å²) >= 11 is 7.36. The lowest BCUT2D eigenvalue weighted by Gasteiger charge is -2.24. The van der Waals surface area contributed by atoms with Gasteiger partial charge in [0.15, 0.2) is 5.69 Å². The number of hydrogen-bond donors (Lipinski definition) is 2. The first kappa shape index (κ1) is 24.7. The van der Waals surface area contributed by atoms with Crippen LogP contribution in [0.25, 0.3) is 0 Å². The van der Waals surface area contributed by atoms with Gasteiger partial charge in [0.25, 0.3) is 5.56 Å². The van der Waals surface area contributed by atoms with Crippen LogP contribution in [0.2, 0.25) is 5.02 Å². The molecule has 3 rings (SSSR count). The summed E-state index contributed by atoms with van der Waals surface area (Å²) in [5.41, 5.74) is 6.93. The molecule has 0 aliphatic rings. The molecule has 3 aromatic rings. The summed E-state index contributed by atoms with van der Waals surface area (Å²) in [6.07, 6.45) is 1.58. The molecule has 7 nitrogen and oxygen atoms in total. The predicted molar refractivity (Wildman–Crippen MR) is 136 cm³/mol. The average molecular weight is 487 g/mol. The Balaban J connectivity index is 1.89. The molecule has 0 fully saturated rings. The number of benzene rings is 2. The second-order valence-electron chi connectivity index (χ2n) is 7.58. The van der Waals surface area contributed by atoms with E-state index in [0.717, 1.165) is 24.0 Å². The van der Waals surface area contributed by atoms with Crippen LogP contribution in [0.3, 0.4) is 0 Å². The van der Waals surface area contributed by atoms with E-state index < -0.39 is 11.2 Å². The number of halogens is 1. The smallest absolute Gasteiger partial charge is 0.330 e. The third-order valence-electron chi connectivity index (χ3n) is 5.11. The molecule has 3 N–H and O–H groups in total. The van der Waals surface area contributed by atoms with Crippen LogP contribution in [0.1, 0.15) is 30.9 Å². The number of aromatic amines is 1. The zero-order valence-corrected chi connectivity index (χ0v) is 20.0. The van der Waals surface area contributed by atoms with Gasteiger partial charge in [-0.15, -0.1) is 11.8 Å². The standard InChI is InChI=1S/C24H27ClN4O3S/c1-2-3-13-28-22(26)21(23(31)27-24(28)32)29(14-17-7-5-4-6-8-17)20(30)16-33-15-18-9-11-19(25)12-10-18/h4-12H,2-3,13-16,26H2,1H3,(H,27,31,32). The van der Waals surface area contributed by atoms with Gasteiger partial charge in [-0.05, 0) is 29.7 Å². The Morgan fingerprint density at radius 1 is 1.09 bits per heavy atom. The van der Waals surface area contributed by atoms with Crippen LogP contribution in [0.4, 0.5) is 11.5 Å². The molecule has 0 unspecified atom stereocenters. The Morgan fingerprint density at radius 3 is 2.45 bits per heavy atom. The summed E-state index contributed by atoms with van der Waals surface area (Å²) < 4.78 is 1.33. The second-order valence-corrected chi connectivity index (χ2v) is 9.01. The first-order valence-electron chi connectivity index (χ1n) is 10.7. The Kier molecular flexibility index (Phi) is 8.79. The lowest BCUT2D eigenvalue weighted by molar-refractivity contribution is -0.116. The minimum absolute atomic E-state index is 0.00387. The number of hydrogen-bond acceptors (Lipinski definition) is 5. The maximum absolute atomic E-state index is 13.3. The molecule has 0 atom stereocenters. The lowest BCUT2D eigenvalue weighted by atomic mass is 10.2. The Morgan fingerprint density at radius 2 is 1.79 bits per heavy atom. The Bertz CT molecular complexity index is 1190. The number of carbonyl (C=O) groups is 1. The minimum atomic E-state index is -0.669. The van der Waals surface area contributed by atoms with Gasteiger partial charge >= 0.3 is 5.69 Å². The largest absolute Gasteiger partial charge is 0.383 e. The van der Waals surface area contributed by atoms with Gasteiger partial charge in [-0.25, -0.2) is 4.79 Å². The minimum Gasteiger partial charge on any atom is -0.383 e. The fourth-order valence-corrected chi connectivity index (χ4v) is 4.34. The van der Waals surface area contributed by atoms with E-state index in [9.17, 15) is 14.4 Å². The molecule has 0 aliphatic heterocycles. The zero-order chi connectivity index (χ0) is 23.8. The molecule has 1 heterocycles. The predicted octanol–water partition coefficient (Wildman–Crippen LogP) is 4.04. The number of thioether (sulfide) groups is 1. The fraction of sp³-hybridized carbons (Fsp3) is 0.292. The highest BCUT2D eigenvalue weighted by molar-refractivity contribution is 7.99. The fourth-order valence-electron chi connectivity index (χ4n) is 3.35. The average Bonchev–Trinajstić information content (AvgIpc) is 2.80. The summed E-state index contributed by atoms with van der Waals surface area (Å²) in [6, 6.07) is 16.8. The first-order valence-corrected chi connectivity index (χ1v) is 12.2. The normalized spacial score (nSPS) is 10.8. The van der Waals surface area contributed by atoms with Gasteiger partial charge in [0, 0.05) is 17.3 Å². The van der Waals surface area contributed by atoms with E-state index in [1.807, 2.05) is 49.4 Å². The third kappa shape index (κ3) is 6.52. The van der Waals surface area contributed by atoms with E-state index in [-0.39, 0.29) is 29.7 Å². The molecule has 0 spiro atoms. The molecule has 0 saturated carbocycles. The van der Waals surface area contributed by atoms with Crippen molar-refractivity contribution in [1.82, 2.24) is 9.55 Å². The summed E-state index contributed by atoms with van der Waals surface area (Å²) in [5, 5.41) is 0.654. The van der Waals surface area contributed by atoms with Crippen LogP contribution in [-0.2, 0) is 23.6 Å². The van der Waals surface area contributed by atoms with E-state index in [2.05, 4.69) is 4.98 Å². The number of nitrogens with one attached hydrogen (secondary N) is 1. The van der Waals surface area contributed by atoms with Crippen molar-refractivity contribution in [3.8, 4) is 0 Å². The molecular formula is C24H27ClN4O3S. The lowest BCUT2D eigenvalue weighted by Crippen LogP contribution is -2.41. The quantitative estimate of drug-likeness (QED) is 0.450. The van der Waals surface area contributed by atoms with Gasteiger partial charge in [0.1, 0.15) is 5.82 Å². The molecule has 174 valence electrons. The van der Waals surface area contributed by atoms with Crippen molar-refractivity contribution in [2.45, 2.75) is 38.6 Å². The van der Waals surface area contributed by atoms with Gasteiger partial charge in [-0.3, -0.25) is 24.0 Å². The number of unbranched alkanes of at least 4 members (excludes halogenated alkanes) is 1. The van der Waals surface area contributed by atoms with Gasteiger partial charge in [-0.2, -0.15) is 0 Å². The molecule has 0 aliphatic carbocycles. The van der Waals surface area contributed by atoms with E-state index >= 15 is 0 Å². The third-order valence-corrected chi connectivity index (χ3v) is 6.35. The van der Waals surface area contributed by atoms with Crippen molar-refractivity contribution in [3.05, 3.63) is 91.6 Å². The van der Waals surface area contributed by atoms with E-state index in [1.165, 1.54) is 21.2 Å². The van der Waals surface area contributed by atoms with Crippen molar-refractivity contribution < 1.29 is 4.79 Å². The number of anilines is 2. The van der Waals surface area contributed by atoms with Gasteiger partial charge in [0.05, 0.1) is 12.3 Å². The number of carbonyl (C=O) groups excluding carboxylic acids is 1. The van der Waals surface area contributed by atoms with Crippen LogP contribution in [0, 0.1) is 0 Å². The van der Waals surface area contributed by atoms with Crippen molar-refractivity contribution in [2.24, 2.45) is 0 Å². The molecule has 0 radical (unpaired) electrons. The number of H-pyrrole nitrogens is 1. The van der Waals surface area contributed by atoms with Crippen molar-refractivity contribution >= 4 is 40.8 Å². The maximum Gasteiger partial charge on any atom is 0.330 e. The van der Waals surface area contributed by atoms with Crippen LogP contribution < -0.4 is 21.9 Å². The Labute approximate surface area is 201 Å². The van der Waals surface area contributed by atoms with E-state index in [1.54, 1.807) is 12.1 Å². The van der Waals surface area contributed by atoms with Crippen LogP contribution in [0.5, 0.6) is 0 Å². The number of aromatic nitrogens is 2. The molecular weight excluding hydrogens is 460 g/mol. The Hall–Kier alpha value is -2.97. The summed E-state index contributed by atoms with van der Waals surface area (Å²) in [4.78, 5) is 42.1. The van der Waals surface area contributed by atoms with Crippen LogP contribution in [0.15, 0.2) is 64.2 Å². The number of nitrogens with two attached hydrogens (primary N) is 1. The van der Waals surface area contributed by atoms with Crippen molar-refractivity contribution in [2.75, 3.05) is 16.4 Å². The SMILES string of the molecule is CCCCn1c(N)c(N(Cc2ccccc2)C(=O)CSCc2ccc(Cl)cc2)c(=O)[nH]c1=O. The van der Waals surface area contributed by atoms with Gasteiger partial charge in [-0.1, -0.05) is 67.4 Å². The maximum atomic E-state index is 13.3. The highest BCUT2D eigenvalue weighted by atomic mass is 35.5. The summed E-state index contributed by atoms with van der Waals surface area (Å²) in [6.45, 7) is 2.53. The second kappa shape index (κ2) is 11.8. The number of nitrogens with zero attached hydrogens (tertiary/aromatic N) is 2. The molecule has 0 bridgehead atoms. The highest BCUT2D eigenvalue weighted by Gasteiger charge is 2.24. The molecule has 33 heavy (non-hydrogen) atoms. The number of rotatable bonds is 10. The summed E-state index contributed by atoms with van der Waals surface area (Å²) in [7, 11) is 0. The monoisotopic (exact) mass is 486 g/mol. The van der Waals surface area contributed by atoms with Crippen molar-refractivity contribution in [3.63, 3.8) is 0 Å². The van der Waals surface area contributed by atoms with Crippen LogP contribution >= 0.6 is 23.4 Å². The molecule has 0 saturated heterocycles. The molecule has 1 amide bonds. The molecule has 9 heteroatoms. The zero-order valence-electron chi connectivity index (χ0n) is 18.4. The molecule has 2 aromatic carbocycles. The van der Waals surface area contributed by atoms with Gasteiger partial charge in [0.2, 0.25) is 5.91 Å². The number of nitrogen functional groups attached to an aromatic ring is 1. The summed E-state index contributed by atoms with van der Waals surface area (Å²) in [5.74, 6) is 0.492. The van der Waals surface area contributed by atoms with E-state index in [4.69, 9.17) is 17.3 Å². The topological polar surface area (TPSA) is 101 Å². The van der Waals surface area contributed by atoms with E-state index in [0.29, 0.717) is 17.3 Å². The highest BCUT2D eigenvalue weighted by Crippen LogP contribution is 2.22. The first-order chi connectivity index (χ1) is 15.9. The van der Waals surface area contributed by atoms with Gasteiger partial charge < -0.3 is 5.73 Å². The number of amides is 1. The molecule has 1 aromatic heterocycles.